The molecule has 228 valence electrons. The number of anilines is 1. The average Bonchev–Trinajstić information content (AvgIpc) is 3.31. The molecular weight excluding hydrogens is 575 g/mol. The Morgan fingerprint density at radius 2 is 1.86 bits per heavy atom. The van der Waals surface area contributed by atoms with E-state index in [0.29, 0.717) is 6.42 Å². The second-order valence-electron chi connectivity index (χ2n) is 11.7. The number of amidine groups is 1. The van der Waals surface area contributed by atoms with Gasteiger partial charge in [-0.15, -0.1) is 0 Å². The lowest BCUT2D eigenvalue weighted by Gasteiger charge is -2.45. The summed E-state index contributed by atoms with van der Waals surface area (Å²) < 4.78 is 68.3. The number of amides is 2. The Morgan fingerprint density at radius 1 is 1.14 bits per heavy atom. The molecule has 2 aliphatic heterocycles. The lowest BCUT2D eigenvalue weighted by molar-refractivity contribution is 0.0560. The maximum absolute atomic E-state index is 15.5. The van der Waals surface area contributed by atoms with Crippen molar-refractivity contribution in [3.63, 3.8) is 0 Å². The van der Waals surface area contributed by atoms with Crippen molar-refractivity contribution >= 4 is 33.3 Å². The lowest BCUT2D eigenvalue weighted by atomic mass is 9.85. The molecule has 0 aliphatic carbocycles. The Labute approximate surface area is 242 Å². The van der Waals surface area contributed by atoms with Crippen LogP contribution < -0.4 is 15.4 Å². The number of nitrogens with one attached hydrogen (secondary N) is 2. The van der Waals surface area contributed by atoms with E-state index in [2.05, 4.69) is 20.0 Å². The standard InChI is InChI=1S/C28H34F3N5O5S/c1-26(2,3)41-25(38)35-24-27(4,5)42(39)21(11-12-33-42)28(6,36-24)18-13-16(7-9-19(18)29)34-23(37)20-10-8-17(14-32-20)40-15-22(30)31/h7-10,13-14,21-22H,11-12,15H2,1-6H3,(H,34,37)(H,35,36,38)/t21-,28+,42+/m0/s1. The van der Waals surface area contributed by atoms with E-state index in [-0.39, 0.29) is 35.1 Å². The summed E-state index contributed by atoms with van der Waals surface area (Å²) in [6, 6.07) is 6.55. The molecule has 0 saturated carbocycles. The van der Waals surface area contributed by atoms with Crippen LogP contribution in [0, 0.1) is 5.82 Å². The summed E-state index contributed by atoms with van der Waals surface area (Å²) in [5, 5.41) is 4.59. The van der Waals surface area contributed by atoms with Crippen LogP contribution in [-0.2, 0) is 20.0 Å². The number of aromatic nitrogens is 1. The molecule has 1 aromatic heterocycles. The zero-order valence-electron chi connectivity index (χ0n) is 24.2. The summed E-state index contributed by atoms with van der Waals surface area (Å²) in [5.74, 6) is -1.16. The molecule has 0 saturated heterocycles. The minimum absolute atomic E-state index is 0.0321. The number of carbonyl (C=O) groups is 2. The van der Waals surface area contributed by atoms with Crippen molar-refractivity contribution < 1.29 is 36.4 Å². The molecule has 0 spiro atoms. The molecule has 14 heteroatoms. The second-order valence-corrected chi connectivity index (χ2v) is 14.7. The van der Waals surface area contributed by atoms with Gasteiger partial charge in [0.15, 0.2) is 0 Å². The molecule has 2 amide bonds. The van der Waals surface area contributed by atoms with Crippen LogP contribution in [0.4, 0.5) is 23.7 Å². The third-order valence-corrected chi connectivity index (χ3v) is 10.8. The van der Waals surface area contributed by atoms with Gasteiger partial charge in [0.05, 0.1) is 21.2 Å². The summed E-state index contributed by atoms with van der Waals surface area (Å²) in [6.07, 6.45) is -1.93. The van der Waals surface area contributed by atoms with E-state index >= 15 is 4.39 Å². The molecule has 0 unspecified atom stereocenters. The Balaban J connectivity index is 1.68. The first-order valence-corrected chi connectivity index (χ1v) is 14.8. The fourth-order valence-electron chi connectivity index (χ4n) is 5.00. The van der Waals surface area contributed by atoms with Gasteiger partial charge < -0.3 is 14.8 Å². The second kappa shape index (κ2) is 11.2. The zero-order valence-corrected chi connectivity index (χ0v) is 25.0. The first-order valence-electron chi connectivity index (χ1n) is 13.3. The Bertz CT molecular complexity index is 1530. The Morgan fingerprint density at radius 3 is 2.48 bits per heavy atom. The lowest BCUT2D eigenvalue weighted by Crippen LogP contribution is -2.60. The number of halogens is 3. The molecule has 2 N–H and O–H groups in total. The van der Waals surface area contributed by atoms with E-state index in [1.807, 2.05) is 0 Å². The molecule has 10 nitrogen and oxygen atoms in total. The van der Waals surface area contributed by atoms with Gasteiger partial charge >= 0.3 is 6.09 Å². The van der Waals surface area contributed by atoms with Crippen molar-refractivity contribution in [1.29, 1.82) is 0 Å². The van der Waals surface area contributed by atoms with Crippen LogP contribution in [0.25, 0.3) is 0 Å². The zero-order chi connectivity index (χ0) is 31.1. The van der Waals surface area contributed by atoms with Crippen LogP contribution in [0.3, 0.4) is 0 Å². The third kappa shape index (κ3) is 6.08. The summed E-state index contributed by atoms with van der Waals surface area (Å²) in [5.41, 5.74) is -2.00. The Hall–Kier alpha value is -3.68. The number of hydrogen-bond acceptors (Lipinski definition) is 8. The summed E-state index contributed by atoms with van der Waals surface area (Å²) >= 11 is 0. The molecule has 3 heterocycles. The third-order valence-electron chi connectivity index (χ3n) is 7.07. The first kappa shape index (κ1) is 31.3. The quantitative estimate of drug-likeness (QED) is 0.458. The van der Waals surface area contributed by atoms with Crippen molar-refractivity contribution in [3.05, 3.63) is 53.6 Å². The molecule has 42 heavy (non-hydrogen) atoms. The molecule has 0 radical (unpaired) electrons. The number of benzene rings is 1. The van der Waals surface area contributed by atoms with Gasteiger partial charge in [-0.3, -0.25) is 15.1 Å². The number of alkyl halides is 2. The van der Waals surface area contributed by atoms with Gasteiger partial charge in [-0.2, -0.15) is 0 Å². The number of alkyl carbamates (subject to hydrolysis) is 1. The van der Waals surface area contributed by atoms with Crippen molar-refractivity contribution in [2.24, 2.45) is 9.36 Å². The predicted octanol–water partition coefficient (Wildman–Crippen LogP) is 5.29. The number of fused-ring (bicyclic) bond motifs is 1. The molecule has 0 fully saturated rings. The minimum atomic E-state index is -3.08. The van der Waals surface area contributed by atoms with Gasteiger partial charge in [0.1, 0.15) is 45.6 Å². The van der Waals surface area contributed by atoms with Gasteiger partial charge in [0, 0.05) is 17.8 Å². The fourth-order valence-corrected chi connectivity index (χ4v) is 8.19. The van der Waals surface area contributed by atoms with E-state index in [1.165, 1.54) is 24.3 Å². The van der Waals surface area contributed by atoms with Crippen LogP contribution in [0.15, 0.2) is 45.9 Å². The van der Waals surface area contributed by atoms with Crippen molar-refractivity contribution in [2.45, 2.75) is 75.5 Å². The van der Waals surface area contributed by atoms with Gasteiger partial charge in [-0.1, -0.05) is 0 Å². The fraction of sp³-hybridized carbons (Fsp3) is 0.500. The van der Waals surface area contributed by atoms with Gasteiger partial charge in [-0.25, -0.2) is 31.5 Å². The first-order chi connectivity index (χ1) is 19.5. The van der Waals surface area contributed by atoms with E-state index in [9.17, 15) is 22.6 Å². The average molecular weight is 610 g/mol. The van der Waals surface area contributed by atoms with Crippen LogP contribution >= 0.6 is 0 Å². The number of rotatable bonds is 6. The summed E-state index contributed by atoms with van der Waals surface area (Å²) in [6.45, 7) is 9.56. The normalized spacial score (nSPS) is 24.7. The number of pyridine rings is 1. The van der Waals surface area contributed by atoms with Crippen LogP contribution in [0.1, 0.15) is 64.0 Å². The van der Waals surface area contributed by atoms with E-state index in [1.54, 1.807) is 41.5 Å². The van der Waals surface area contributed by atoms with Crippen molar-refractivity contribution in [2.75, 3.05) is 18.5 Å². The summed E-state index contributed by atoms with van der Waals surface area (Å²) in [4.78, 5) is 34.3. The number of carbonyl (C=O) groups excluding carboxylic acids is 2. The number of aliphatic imine (C=N–C) groups is 1. The molecule has 1 aromatic carbocycles. The topological polar surface area (TPSA) is 131 Å². The maximum Gasteiger partial charge on any atom is 0.413 e. The molecule has 2 aromatic rings. The highest BCUT2D eigenvalue weighted by Crippen LogP contribution is 2.48. The molecule has 0 bridgehead atoms. The SMILES string of the molecule is CC(C)(C)OC(=O)NC1=N[C@](C)(c2cc(NC(=O)c3ccc(OCC(F)F)cn3)ccc2F)[C@@H]2CCN=[S@]2(=O)C1(C)C. The van der Waals surface area contributed by atoms with Gasteiger partial charge in [0.2, 0.25) is 0 Å². The molecule has 3 atom stereocenters. The number of ether oxygens (including phenoxy) is 2. The smallest absolute Gasteiger partial charge is 0.413 e. The van der Waals surface area contributed by atoms with E-state index in [4.69, 9.17) is 14.5 Å². The van der Waals surface area contributed by atoms with Crippen LogP contribution in [-0.4, -0.2) is 62.2 Å². The highest BCUT2D eigenvalue weighted by atomic mass is 32.2. The maximum atomic E-state index is 15.5. The summed E-state index contributed by atoms with van der Waals surface area (Å²) in [7, 11) is -3.08. The predicted molar refractivity (Wildman–Crippen MR) is 152 cm³/mol. The number of nitrogens with zero attached hydrogens (tertiary/aromatic N) is 3. The van der Waals surface area contributed by atoms with Crippen LogP contribution in [0.5, 0.6) is 5.75 Å². The van der Waals surface area contributed by atoms with Crippen molar-refractivity contribution in [1.82, 2.24) is 10.3 Å². The monoisotopic (exact) mass is 609 g/mol. The Kier molecular flexibility index (Phi) is 8.33. The molecular formula is C28H34F3N5O5S. The largest absolute Gasteiger partial charge is 0.486 e. The minimum Gasteiger partial charge on any atom is -0.486 e. The van der Waals surface area contributed by atoms with E-state index in [0.717, 1.165) is 12.3 Å². The number of hydrogen-bond donors (Lipinski definition) is 2. The molecule has 4 rings (SSSR count). The van der Waals surface area contributed by atoms with Gasteiger partial charge in [0.25, 0.3) is 12.3 Å². The van der Waals surface area contributed by atoms with Gasteiger partial charge in [-0.05, 0) is 78.3 Å². The van der Waals surface area contributed by atoms with Crippen LogP contribution in [0.2, 0.25) is 0 Å². The van der Waals surface area contributed by atoms with E-state index < -0.39 is 61.7 Å². The molecule has 2 aliphatic rings. The highest BCUT2D eigenvalue weighted by Gasteiger charge is 2.57. The highest BCUT2D eigenvalue weighted by molar-refractivity contribution is 7.96. The van der Waals surface area contributed by atoms with Crippen molar-refractivity contribution in [3.8, 4) is 5.75 Å².